The molecule has 1 heterocycles. The standard InChI is InChI=1S/C20H28O4/c1-6-11(2)18(21)24-17-8-7-12(3)15-9-14-13(4)19(22)23-16(14)10-20(15,17)5/h11,14,16-17H,4,6-10H2,1-3,5H3. The summed E-state index contributed by atoms with van der Waals surface area (Å²) >= 11 is 0. The normalized spacial score (nSPS) is 36.8. The average Bonchev–Trinajstić information content (AvgIpc) is 2.81. The highest BCUT2D eigenvalue weighted by Gasteiger charge is 2.54. The van der Waals surface area contributed by atoms with Gasteiger partial charge in [-0.2, -0.15) is 0 Å². The van der Waals surface area contributed by atoms with Crippen molar-refractivity contribution < 1.29 is 19.1 Å². The van der Waals surface area contributed by atoms with E-state index in [0.29, 0.717) is 12.0 Å². The van der Waals surface area contributed by atoms with Crippen LogP contribution in [0.1, 0.15) is 59.8 Å². The van der Waals surface area contributed by atoms with Crippen LogP contribution < -0.4 is 0 Å². The molecule has 0 aromatic rings. The third-order valence-corrected chi connectivity index (χ3v) is 6.44. The SMILES string of the molecule is C=C1C(=O)OC2CC3(C)C(=C(C)CCC3OC(=O)C(C)CC)CC12. The van der Waals surface area contributed by atoms with E-state index in [-0.39, 0.29) is 41.4 Å². The van der Waals surface area contributed by atoms with E-state index in [1.807, 2.05) is 13.8 Å². The number of hydrogen-bond donors (Lipinski definition) is 0. The first-order valence-electron chi connectivity index (χ1n) is 9.07. The van der Waals surface area contributed by atoms with E-state index < -0.39 is 0 Å². The molecule has 0 amide bonds. The van der Waals surface area contributed by atoms with Crippen molar-refractivity contribution in [2.24, 2.45) is 17.3 Å². The second-order valence-corrected chi connectivity index (χ2v) is 7.93. The predicted octanol–water partition coefficient (Wildman–Crippen LogP) is 3.95. The Morgan fingerprint density at radius 2 is 2.21 bits per heavy atom. The fraction of sp³-hybridized carbons (Fsp3) is 0.700. The van der Waals surface area contributed by atoms with Crippen LogP contribution in [0.15, 0.2) is 23.3 Å². The van der Waals surface area contributed by atoms with Gasteiger partial charge in [0.2, 0.25) is 0 Å². The zero-order chi connectivity index (χ0) is 17.6. The molecule has 1 saturated carbocycles. The molecule has 3 rings (SSSR count). The van der Waals surface area contributed by atoms with E-state index in [4.69, 9.17) is 9.47 Å². The molecule has 0 spiro atoms. The lowest BCUT2D eigenvalue weighted by molar-refractivity contribution is -0.164. The van der Waals surface area contributed by atoms with Crippen LogP contribution in [-0.4, -0.2) is 24.1 Å². The van der Waals surface area contributed by atoms with Gasteiger partial charge in [-0.15, -0.1) is 0 Å². The quantitative estimate of drug-likeness (QED) is 0.446. The van der Waals surface area contributed by atoms with Crippen molar-refractivity contribution in [1.82, 2.24) is 0 Å². The number of fused-ring (bicyclic) bond motifs is 2. The molecule has 0 aromatic heterocycles. The lowest BCUT2D eigenvalue weighted by atomic mass is 9.59. The number of hydrogen-bond acceptors (Lipinski definition) is 4. The van der Waals surface area contributed by atoms with Crippen LogP contribution in [0.3, 0.4) is 0 Å². The number of esters is 2. The van der Waals surface area contributed by atoms with Crippen molar-refractivity contribution in [2.75, 3.05) is 0 Å². The first-order valence-corrected chi connectivity index (χ1v) is 9.07. The molecular weight excluding hydrogens is 304 g/mol. The Morgan fingerprint density at radius 1 is 1.50 bits per heavy atom. The summed E-state index contributed by atoms with van der Waals surface area (Å²) in [4.78, 5) is 24.2. The van der Waals surface area contributed by atoms with E-state index in [2.05, 4.69) is 20.4 Å². The van der Waals surface area contributed by atoms with Crippen LogP contribution in [0.4, 0.5) is 0 Å². The molecule has 3 aliphatic rings. The highest BCUT2D eigenvalue weighted by Crippen LogP contribution is 2.55. The minimum atomic E-state index is -0.265. The monoisotopic (exact) mass is 332 g/mol. The van der Waals surface area contributed by atoms with Crippen molar-refractivity contribution in [2.45, 2.75) is 72.0 Å². The van der Waals surface area contributed by atoms with Gasteiger partial charge >= 0.3 is 11.9 Å². The van der Waals surface area contributed by atoms with Gasteiger partial charge in [0.25, 0.3) is 0 Å². The van der Waals surface area contributed by atoms with Crippen LogP contribution >= 0.6 is 0 Å². The maximum Gasteiger partial charge on any atom is 0.334 e. The van der Waals surface area contributed by atoms with Gasteiger partial charge in [-0.05, 0) is 39.0 Å². The lowest BCUT2D eigenvalue weighted by Gasteiger charge is -2.49. The molecule has 24 heavy (non-hydrogen) atoms. The second-order valence-electron chi connectivity index (χ2n) is 7.93. The number of rotatable bonds is 3. The van der Waals surface area contributed by atoms with Crippen LogP contribution in [0.5, 0.6) is 0 Å². The van der Waals surface area contributed by atoms with Gasteiger partial charge in [-0.3, -0.25) is 4.79 Å². The largest absolute Gasteiger partial charge is 0.461 e. The molecule has 0 aromatic carbocycles. The summed E-state index contributed by atoms with van der Waals surface area (Å²) in [6.45, 7) is 12.2. The number of carbonyl (C=O) groups excluding carboxylic acids is 2. The van der Waals surface area contributed by atoms with Gasteiger partial charge in [0.05, 0.1) is 5.92 Å². The van der Waals surface area contributed by atoms with Crippen molar-refractivity contribution in [1.29, 1.82) is 0 Å². The summed E-state index contributed by atoms with van der Waals surface area (Å²) in [5.41, 5.74) is 3.08. The maximum absolute atomic E-state index is 12.3. The van der Waals surface area contributed by atoms with E-state index in [1.54, 1.807) is 0 Å². The van der Waals surface area contributed by atoms with E-state index >= 15 is 0 Å². The van der Waals surface area contributed by atoms with Crippen molar-refractivity contribution in [3.8, 4) is 0 Å². The predicted molar refractivity (Wildman–Crippen MR) is 91.1 cm³/mol. The van der Waals surface area contributed by atoms with Gasteiger partial charge in [0.15, 0.2) is 0 Å². The molecule has 4 nitrogen and oxygen atoms in total. The van der Waals surface area contributed by atoms with Crippen molar-refractivity contribution in [3.63, 3.8) is 0 Å². The third-order valence-electron chi connectivity index (χ3n) is 6.44. The minimum absolute atomic E-state index is 0.0792. The Hall–Kier alpha value is -1.58. The number of carbonyl (C=O) groups is 2. The lowest BCUT2D eigenvalue weighted by Crippen LogP contribution is -2.48. The summed E-state index contributed by atoms with van der Waals surface area (Å²) in [6, 6.07) is 0. The topological polar surface area (TPSA) is 52.6 Å². The second kappa shape index (κ2) is 6.05. The molecule has 5 unspecified atom stereocenters. The maximum atomic E-state index is 12.3. The van der Waals surface area contributed by atoms with E-state index in [0.717, 1.165) is 25.7 Å². The fourth-order valence-electron chi connectivity index (χ4n) is 4.52. The van der Waals surface area contributed by atoms with Crippen LogP contribution in [0, 0.1) is 17.3 Å². The Morgan fingerprint density at radius 3 is 2.88 bits per heavy atom. The summed E-state index contributed by atoms with van der Waals surface area (Å²) in [5, 5.41) is 0. The smallest absolute Gasteiger partial charge is 0.334 e. The number of ether oxygens (including phenoxy) is 2. The van der Waals surface area contributed by atoms with Gasteiger partial charge in [-0.1, -0.05) is 38.5 Å². The Kier molecular flexibility index (Phi) is 4.35. The molecule has 1 saturated heterocycles. The zero-order valence-electron chi connectivity index (χ0n) is 15.2. The highest BCUT2D eigenvalue weighted by atomic mass is 16.6. The van der Waals surface area contributed by atoms with Crippen molar-refractivity contribution in [3.05, 3.63) is 23.3 Å². The molecule has 0 radical (unpaired) electrons. The van der Waals surface area contributed by atoms with E-state index in [1.165, 1.54) is 11.1 Å². The molecule has 0 N–H and O–H groups in total. The van der Waals surface area contributed by atoms with Gasteiger partial charge in [0.1, 0.15) is 12.2 Å². The van der Waals surface area contributed by atoms with E-state index in [9.17, 15) is 9.59 Å². The Labute approximate surface area is 144 Å². The summed E-state index contributed by atoms with van der Waals surface area (Å²) in [6.07, 6.45) is 3.83. The minimum Gasteiger partial charge on any atom is -0.461 e. The van der Waals surface area contributed by atoms with Crippen LogP contribution in [0.2, 0.25) is 0 Å². The first kappa shape index (κ1) is 17.2. The Bertz CT molecular complexity index is 617. The third kappa shape index (κ3) is 2.60. The molecular formula is C20H28O4. The van der Waals surface area contributed by atoms with Crippen LogP contribution in [-0.2, 0) is 19.1 Å². The molecule has 132 valence electrons. The zero-order valence-corrected chi connectivity index (χ0v) is 15.2. The first-order chi connectivity index (χ1) is 11.3. The fourth-order valence-corrected chi connectivity index (χ4v) is 4.52. The molecule has 1 aliphatic heterocycles. The average molecular weight is 332 g/mol. The molecule has 2 aliphatic carbocycles. The van der Waals surface area contributed by atoms with Gasteiger partial charge in [-0.25, -0.2) is 4.79 Å². The van der Waals surface area contributed by atoms with Gasteiger partial charge in [0, 0.05) is 16.9 Å². The van der Waals surface area contributed by atoms with Gasteiger partial charge < -0.3 is 9.47 Å². The summed E-state index contributed by atoms with van der Waals surface area (Å²) < 4.78 is 11.5. The molecule has 2 fully saturated rings. The molecule has 0 bridgehead atoms. The highest BCUT2D eigenvalue weighted by molar-refractivity contribution is 5.91. The molecule has 5 atom stereocenters. The summed E-state index contributed by atoms with van der Waals surface area (Å²) in [7, 11) is 0. The number of allylic oxidation sites excluding steroid dienone is 1. The van der Waals surface area contributed by atoms with Crippen molar-refractivity contribution >= 4 is 11.9 Å². The molecule has 4 heteroatoms. The van der Waals surface area contributed by atoms with Crippen LogP contribution in [0.25, 0.3) is 0 Å². The Balaban J connectivity index is 1.88. The summed E-state index contributed by atoms with van der Waals surface area (Å²) in [5.74, 6) is -0.375.